The SMILES string of the molecule is CCN(Cc1ccccc1)c1cc(NC(=O)Cc2ccc(C)cc2)cc(-c2ccccc2-c2nn[nH]n2)n1. The molecule has 2 heterocycles. The summed E-state index contributed by atoms with van der Waals surface area (Å²) in [6, 6.07) is 29.9. The van der Waals surface area contributed by atoms with Crippen LogP contribution < -0.4 is 10.2 Å². The fraction of sp³-hybridized carbons (Fsp3) is 0.167. The van der Waals surface area contributed by atoms with Crippen molar-refractivity contribution in [3.63, 3.8) is 0 Å². The van der Waals surface area contributed by atoms with Gasteiger partial charge in [0.25, 0.3) is 0 Å². The third-order valence-electron chi connectivity index (χ3n) is 6.29. The maximum atomic E-state index is 13.0. The molecule has 0 unspecified atom stereocenters. The van der Waals surface area contributed by atoms with Crippen LogP contribution in [-0.2, 0) is 17.8 Å². The van der Waals surface area contributed by atoms with Crippen molar-refractivity contribution in [2.75, 3.05) is 16.8 Å². The predicted molar refractivity (Wildman–Crippen MR) is 150 cm³/mol. The molecule has 5 rings (SSSR count). The number of carbonyl (C=O) groups is 1. The molecule has 0 saturated heterocycles. The van der Waals surface area contributed by atoms with Crippen molar-refractivity contribution in [2.45, 2.75) is 26.8 Å². The highest BCUT2D eigenvalue weighted by molar-refractivity contribution is 5.93. The first kappa shape index (κ1) is 24.8. The topological polar surface area (TPSA) is 99.7 Å². The number of tetrazole rings is 1. The van der Waals surface area contributed by atoms with Gasteiger partial charge in [-0.2, -0.15) is 5.21 Å². The average Bonchev–Trinajstić information content (AvgIpc) is 3.48. The molecule has 0 aliphatic carbocycles. The van der Waals surface area contributed by atoms with Gasteiger partial charge in [0.2, 0.25) is 11.7 Å². The smallest absolute Gasteiger partial charge is 0.228 e. The zero-order chi connectivity index (χ0) is 26.3. The number of carbonyl (C=O) groups excluding carboxylic acids is 1. The van der Waals surface area contributed by atoms with Crippen LogP contribution in [0.2, 0.25) is 0 Å². The van der Waals surface area contributed by atoms with Crippen molar-refractivity contribution in [1.82, 2.24) is 25.6 Å². The third-order valence-corrected chi connectivity index (χ3v) is 6.29. The maximum Gasteiger partial charge on any atom is 0.228 e. The van der Waals surface area contributed by atoms with E-state index in [9.17, 15) is 4.79 Å². The maximum absolute atomic E-state index is 13.0. The molecule has 5 aromatic rings. The van der Waals surface area contributed by atoms with Gasteiger partial charge in [0.05, 0.1) is 12.1 Å². The molecule has 0 spiro atoms. The molecule has 0 atom stereocenters. The normalized spacial score (nSPS) is 10.8. The van der Waals surface area contributed by atoms with Crippen molar-refractivity contribution in [3.05, 3.63) is 108 Å². The first-order valence-electron chi connectivity index (χ1n) is 12.6. The zero-order valence-electron chi connectivity index (χ0n) is 21.4. The number of aromatic amines is 1. The van der Waals surface area contributed by atoms with Gasteiger partial charge in [-0.25, -0.2) is 4.98 Å². The zero-order valence-corrected chi connectivity index (χ0v) is 21.4. The van der Waals surface area contributed by atoms with Crippen molar-refractivity contribution < 1.29 is 4.79 Å². The lowest BCUT2D eigenvalue weighted by Gasteiger charge is -2.24. The van der Waals surface area contributed by atoms with E-state index in [0.29, 0.717) is 23.8 Å². The molecule has 3 aromatic carbocycles. The van der Waals surface area contributed by atoms with E-state index in [1.807, 2.05) is 85.8 Å². The van der Waals surface area contributed by atoms with Crippen LogP contribution >= 0.6 is 0 Å². The first-order valence-corrected chi connectivity index (χ1v) is 12.6. The molecule has 0 aliphatic heterocycles. The minimum Gasteiger partial charge on any atom is -0.352 e. The summed E-state index contributed by atoms with van der Waals surface area (Å²) >= 11 is 0. The summed E-state index contributed by atoms with van der Waals surface area (Å²) in [5.41, 5.74) is 6.34. The monoisotopic (exact) mass is 503 g/mol. The molecule has 38 heavy (non-hydrogen) atoms. The second-order valence-corrected chi connectivity index (χ2v) is 9.09. The van der Waals surface area contributed by atoms with E-state index in [-0.39, 0.29) is 12.3 Å². The van der Waals surface area contributed by atoms with Crippen LogP contribution in [0.5, 0.6) is 0 Å². The largest absolute Gasteiger partial charge is 0.352 e. The third kappa shape index (κ3) is 5.92. The first-order chi connectivity index (χ1) is 18.6. The van der Waals surface area contributed by atoms with Crippen LogP contribution in [0.1, 0.15) is 23.6 Å². The van der Waals surface area contributed by atoms with E-state index in [1.54, 1.807) is 0 Å². The van der Waals surface area contributed by atoms with Crippen LogP contribution in [0.4, 0.5) is 11.5 Å². The number of nitrogens with zero attached hydrogens (tertiary/aromatic N) is 5. The van der Waals surface area contributed by atoms with Crippen molar-refractivity contribution >= 4 is 17.4 Å². The van der Waals surface area contributed by atoms with E-state index in [1.165, 1.54) is 5.56 Å². The summed E-state index contributed by atoms with van der Waals surface area (Å²) in [7, 11) is 0. The van der Waals surface area contributed by atoms with Gasteiger partial charge < -0.3 is 10.2 Å². The summed E-state index contributed by atoms with van der Waals surface area (Å²) in [4.78, 5) is 20.2. The molecule has 8 nitrogen and oxygen atoms in total. The Bertz CT molecular complexity index is 1500. The molecule has 0 saturated carbocycles. The van der Waals surface area contributed by atoms with Crippen LogP contribution in [-0.4, -0.2) is 38.1 Å². The molecular weight excluding hydrogens is 474 g/mol. The van der Waals surface area contributed by atoms with Gasteiger partial charge in [-0.15, -0.1) is 10.2 Å². The Labute approximate surface area is 221 Å². The second kappa shape index (κ2) is 11.5. The molecule has 2 aromatic heterocycles. The Hall–Kier alpha value is -4.85. The molecule has 0 radical (unpaired) electrons. The lowest BCUT2D eigenvalue weighted by atomic mass is 10.0. The number of aromatic nitrogens is 5. The molecule has 0 bridgehead atoms. The van der Waals surface area contributed by atoms with Crippen molar-refractivity contribution in [3.8, 4) is 22.6 Å². The number of amides is 1. The summed E-state index contributed by atoms with van der Waals surface area (Å²) in [5.74, 6) is 1.16. The highest BCUT2D eigenvalue weighted by Crippen LogP contribution is 2.32. The van der Waals surface area contributed by atoms with Crippen LogP contribution in [0, 0.1) is 6.92 Å². The number of hydrogen-bond donors (Lipinski definition) is 2. The number of H-pyrrole nitrogens is 1. The van der Waals surface area contributed by atoms with E-state index in [0.717, 1.165) is 34.6 Å². The Morgan fingerprint density at radius 1 is 0.895 bits per heavy atom. The number of hydrogen-bond acceptors (Lipinski definition) is 6. The Balaban J connectivity index is 1.52. The standard InChI is InChI=1S/C30H29N7O/c1-3-37(20-23-9-5-4-6-10-23)28-19-24(31-29(38)17-22-15-13-21(2)14-16-22)18-27(32-28)25-11-7-8-12-26(25)30-33-35-36-34-30/h4-16,18-19H,3,17,20H2,1-2H3,(H,31,32,38)(H,33,34,35,36). The highest BCUT2D eigenvalue weighted by atomic mass is 16.1. The van der Waals surface area contributed by atoms with Gasteiger partial charge >= 0.3 is 0 Å². The summed E-state index contributed by atoms with van der Waals surface area (Å²) in [6.45, 7) is 5.57. The van der Waals surface area contributed by atoms with Gasteiger partial charge in [-0.05, 0) is 36.3 Å². The van der Waals surface area contributed by atoms with Crippen molar-refractivity contribution in [2.24, 2.45) is 0 Å². The number of nitrogens with one attached hydrogen (secondary N) is 2. The van der Waals surface area contributed by atoms with Crippen LogP contribution in [0.3, 0.4) is 0 Å². The van der Waals surface area contributed by atoms with Gasteiger partial charge in [-0.3, -0.25) is 4.79 Å². The minimum atomic E-state index is -0.0884. The van der Waals surface area contributed by atoms with E-state index in [4.69, 9.17) is 4.98 Å². The fourth-order valence-corrected chi connectivity index (χ4v) is 4.32. The summed E-state index contributed by atoms with van der Waals surface area (Å²) in [5, 5.41) is 17.7. The second-order valence-electron chi connectivity index (χ2n) is 9.09. The number of benzene rings is 3. The molecular formula is C30H29N7O. The van der Waals surface area contributed by atoms with Crippen LogP contribution in [0.25, 0.3) is 22.6 Å². The fourth-order valence-electron chi connectivity index (χ4n) is 4.32. The van der Waals surface area contributed by atoms with Crippen LogP contribution in [0.15, 0.2) is 91.0 Å². The quantitative estimate of drug-likeness (QED) is 0.278. The summed E-state index contributed by atoms with van der Waals surface area (Å²) < 4.78 is 0. The predicted octanol–water partition coefficient (Wildman–Crippen LogP) is 5.44. The van der Waals surface area contributed by atoms with E-state index < -0.39 is 0 Å². The molecule has 190 valence electrons. The highest BCUT2D eigenvalue weighted by Gasteiger charge is 2.17. The van der Waals surface area contributed by atoms with Gasteiger partial charge in [0.1, 0.15) is 5.82 Å². The lowest BCUT2D eigenvalue weighted by molar-refractivity contribution is -0.115. The van der Waals surface area contributed by atoms with Crippen molar-refractivity contribution in [1.29, 1.82) is 0 Å². The number of rotatable bonds is 9. The Kier molecular flexibility index (Phi) is 7.49. The molecule has 0 aliphatic rings. The molecule has 0 fully saturated rings. The summed E-state index contributed by atoms with van der Waals surface area (Å²) in [6.07, 6.45) is 0.286. The lowest BCUT2D eigenvalue weighted by Crippen LogP contribution is -2.24. The van der Waals surface area contributed by atoms with Gasteiger partial charge in [0.15, 0.2) is 0 Å². The van der Waals surface area contributed by atoms with E-state index >= 15 is 0 Å². The molecule has 1 amide bonds. The molecule has 2 N–H and O–H groups in total. The number of anilines is 2. The number of aryl methyl sites for hydroxylation is 1. The number of pyridine rings is 1. The Morgan fingerprint density at radius 2 is 1.63 bits per heavy atom. The Morgan fingerprint density at radius 3 is 2.34 bits per heavy atom. The van der Waals surface area contributed by atoms with Gasteiger partial charge in [-0.1, -0.05) is 84.4 Å². The van der Waals surface area contributed by atoms with E-state index in [2.05, 4.69) is 49.9 Å². The average molecular weight is 504 g/mol. The minimum absolute atomic E-state index is 0.0884. The van der Waals surface area contributed by atoms with Gasteiger partial charge in [0, 0.05) is 36.0 Å². The molecule has 8 heteroatoms.